The third kappa shape index (κ3) is 10.7. The first-order chi connectivity index (χ1) is 18.7. The van der Waals surface area contributed by atoms with Gasteiger partial charge in [-0.05, 0) is 37.1 Å². The third-order valence-electron chi connectivity index (χ3n) is 7.16. The summed E-state index contributed by atoms with van der Waals surface area (Å²) in [6, 6.07) is 17.9. The summed E-state index contributed by atoms with van der Waals surface area (Å²) in [5, 5.41) is 0. The summed E-state index contributed by atoms with van der Waals surface area (Å²) >= 11 is 12.8. The molecule has 1 aliphatic rings. The minimum Gasteiger partial charge on any atom is -0.295 e. The van der Waals surface area contributed by atoms with Crippen molar-refractivity contribution in [3.63, 3.8) is 0 Å². The fourth-order valence-corrected chi connectivity index (χ4v) is 16.4. The Balaban J connectivity index is 1.61. The Morgan fingerprint density at radius 3 is 1.37 bits per heavy atom. The van der Waals surface area contributed by atoms with Crippen LogP contribution in [-0.2, 0) is 11.8 Å². The van der Waals surface area contributed by atoms with Crippen LogP contribution >= 0.6 is 39.1 Å². The summed E-state index contributed by atoms with van der Waals surface area (Å²) in [6.45, 7) is 4.59. The molecular weight excluding hydrogens is 558 g/mol. The molecule has 38 heavy (non-hydrogen) atoms. The highest BCUT2D eigenvalue weighted by molar-refractivity contribution is 9.00. The van der Waals surface area contributed by atoms with Crippen LogP contribution < -0.4 is 4.67 Å². The summed E-state index contributed by atoms with van der Waals surface area (Å²) in [6.07, 6.45) is 21.9. The number of hydrogen-bond donors (Lipinski definition) is 0. The van der Waals surface area contributed by atoms with Crippen molar-refractivity contribution in [1.82, 2.24) is 0 Å². The highest BCUT2D eigenvalue weighted by atomic mass is 33.2. The van der Waals surface area contributed by atoms with E-state index in [9.17, 15) is 0 Å². The smallest absolute Gasteiger partial charge is 0.147 e. The highest BCUT2D eigenvalue weighted by Crippen LogP contribution is 2.76. The van der Waals surface area contributed by atoms with Gasteiger partial charge >= 0.3 is 0 Å². The van der Waals surface area contributed by atoms with E-state index in [1.165, 1.54) is 135 Å². The van der Waals surface area contributed by atoms with Crippen molar-refractivity contribution in [1.29, 1.82) is 0 Å². The Labute approximate surface area is 252 Å². The van der Waals surface area contributed by atoms with Crippen LogP contribution in [0.3, 0.4) is 0 Å². The summed E-state index contributed by atoms with van der Waals surface area (Å²) < 4.78 is 0.692. The molecule has 212 valence electrons. The lowest BCUT2D eigenvalue weighted by Crippen LogP contribution is -2.15. The van der Waals surface area contributed by atoms with E-state index in [-0.39, 0.29) is 0 Å². The molecule has 2 aromatic carbocycles. The monoisotopic (exact) mass is 607 g/mol. The molecule has 0 spiro atoms. The molecule has 0 amide bonds. The fraction of sp³-hybridized carbons (Fsp3) is 0.625. The van der Waals surface area contributed by atoms with Crippen molar-refractivity contribution in [2.75, 3.05) is 16.2 Å². The number of rotatable bonds is 21. The molecule has 0 fully saturated rings. The quantitative estimate of drug-likeness (QED) is 0.102. The predicted octanol–water partition coefficient (Wildman–Crippen LogP) is 13.3. The molecule has 0 bridgehead atoms. The van der Waals surface area contributed by atoms with Gasteiger partial charge in [-0.3, -0.25) is 4.67 Å². The number of benzene rings is 2. The molecule has 0 unspecified atom stereocenters. The summed E-state index contributed by atoms with van der Waals surface area (Å²) in [5.41, 5.74) is 2.65. The van der Waals surface area contributed by atoms with Crippen LogP contribution in [-0.4, -0.2) is 11.5 Å². The SMILES string of the molecule is CCCCCCCCCCSP(=S)(SCCCCCCCCCC)N1c2ccccc2Sc2ccccc21. The number of fused-ring (bicyclic) bond motifs is 2. The minimum atomic E-state index is -1.91. The number of para-hydroxylation sites is 2. The van der Waals surface area contributed by atoms with E-state index >= 15 is 0 Å². The van der Waals surface area contributed by atoms with Crippen LogP contribution in [0.2, 0.25) is 0 Å². The second kappa shape index (κ2) is 19.1. The standard InChI is InChI=1S/C32H50NPS4/c1-3-5-7-9-11-13-15-21-27-36-34(35,37-28-22-16-14-12-10-8-6-4-2)33-29-23-17-19-25-31(29)38-32-26-20-18-24-30(32)33/h17-20,23-26H,3-16,21-22,27-28H2,1-2H3. The van der Waals surface area contributed by atoms with Crippen LogP contribution in [0.1, 0.15) is 117 Å². The van der Waals surface area contributed by atoms with Gasteiger partial charge in [0, 0.05) is 21.3 Å². The average Bonchev–Trinajstić information content (AvgIpc) is 2.94. The maximum Gasteiger partial charge on any atom is 0.147 e. The molecule has 0 aliphatic carbocycles. The van der Waals surface area contributed by atoms with Crippen molar-refractivity contribution >= 4 is 62.3 Å². The van der Waals surface area contributed by atoms with Gasteiger partial charge in [-0.25, -0.2) is 0 Å². The van der Waals surface area contributed by atoms with Gasteiger partial charge in [0.25, 0.3) is 0 Å². The Hall–Kier alpha value is -0.0600. The van der Waals surface area contributed by atoms with E-state index in [0.717, 1.165) is 0 Å². The minimum absolute atomic E-state index is 1.19. The Kier molecular flexibility index (Phi) is 16.3. The molecule has 0 atom stereocenters. The van der Waals surface area contributed by atoms with Crippen molar-refractivity contribution < 1.29 is 0 Å². The van der Waals surface area contributed by atoms with E-state index in [4.69, 9.17) is 11.8 Å². The van der Waals surface area contributed by atoms with Crippen molar-refractivity contribution in [2.45, 2.75) is 126 Å². The molecular formula is C32H50NPS4. The molecule has 0 aromatic heterocycles. The number of anilines is 2. The molecule has 0 N–H and O–H groups in total. The second-order valence-electron chi connectivity index (χ2n) is 10.4. The van der Waals surface area contributed by atoms with E-state index < -0.39 is 4.59 Å². The first kappa shape index (κ1) is 32.5. The summed E-state index contributed by atoms with van der Waals surface area (Å²) in [5.74, 6) is 2.37. The van der Waals surface area contributed by atoms with E-state index in [1.54, 1.807) is 0 Å². The van der Waals surface area contributed by atoms with Gasteiger partial charge in [0.05, 0.1) is 11.4 Å². The van der Waals surface area contributed by atoms with Crippen molar-refractivity contribution in [3.05, 3.63) is 48.5 Å². The van der Waals surface area contributed by atoms with Gasteiger partial charge in [-0.15, -0.1) is 0 Å². The maximum atomic E-state index is 6.73. The zero-order chi connectivity index (χ0) is 26.9. The number of unbranched alkanes of at least 4 members (excludes halogenated alkanes) is 14. The molecule has 0 saturated carbocycles. The normalized spacial score (nSPS) is 12.9. The Morgan fingerprint density at radius 1 is 0.579 bits per heavy atom. The van der Waals surface area contributed by atoms with E-state index in [0.29, 0.717) is 0 Å². The lowest BCUT2D eigenvalue weighted by atomic mass is 10.1. The van der Waals surface area contributed by atoms with Crippen LogP contribution in [0, 0.1) is 0 Å². The third-order valence-corrected chi connectivity index (χ3v) is 19.1. The molecule has 1 nitrogen and oxygen atoms in total. The van der Waals surface area contributed by atoms with E-state index in [2.05, 4.69) is 89.8 Å². The van der Waals surface area contributed by atoms with Crippen molar-refractivity contribution in [2.24, 2.45) is 0 Å². The molecule has 1 heterocycles. The average molecular weight is 608 g/mol. The van der Waals surface area contributed by atoms with Crippen LogP contribution in [0.4, 0.5) is 11.4 Å². The van der Waals surface area contributed by atoms with E-state index in [1.807, 2.05) is 11.8 Å². The largest absolute Gasteiger partial charge is 0.295 e. The molecule has 2 aromatic rings. The van der Waals surface area contributed by atoms with Gasteiger partial charge in [-0.2, -0.15) is 0 Å². The van der Waals surface area contributed by atoms with Gasteiger partial charge in [0.1, 0.15) is 4.59 Å². The van der Waals surface area contributed by atoms with Gasteiger partial charge in [0.2, 0.25) is 0 Å². The molecule has 0 radical (unpaired) electrons. The molecule has 1 aliphatic heterocycles. The lowest BCUT2D eigenvalue weighted by Gasteiger charge is -2.40. The predicted molar refractivity (Wildman–Crippen MR) is 184 cm³/mol. The van der Waals surface area contributed by atoms with Crippen LogP contribution in [0.25, 0.3) is 0 Å². The maximum absolute atomic E-state index is 6.73. The van der Waals surface area contributed by atoms with Gasteiger partial charge < -0.3 is 0 Å². The van der Waals surface area contributed by atoms with Crippen LogP contribution in [0.5, 0.6) is 0 Å². The number of hydrogen-bond acceptors (Lipinski definition) is 4. The Bertz CT molecular complexity index is 894. The number of nitrogens with zero attached hydrogens (tertiary/aromatic N) is 1. The highest BCUT2D eigenvalue weighted by Gasteiger charge is 2.34. The first-order valence-corrected chi connectivity index (χ1v) is 22.0. The summed E-state index contributed by atoms with van der Waals surface area (Å²) in [4.78, 5) is 2.70. The topological polar surface area (TPSA) is 3.24 Å². The zero-order valence-corrected chi connectivity index (χ0v) is 28.0. The second-order valence-corrected chi connectivity index (χ2v) is 22.6. The lowest BCUT2D eigenvalue weighted by molar-refractivity contribution is 0.586. The summed E-state index contributed by atoms with van der Waals surface area (Å²) in [7, 11) is 0. The van der Waals surface area contributed by atoms with Crippen LogP contribution in [0.15, 0.2) is 58.3 Å². The van der Waals surface area contributed by atoms with Gasteiger partial charge in [-0.1, -0.05) is 174 Å². The van der Waals surface area contributed by atoms with Gasteiger partial charge in [0.15, 0.2) is 0 Å². The molecule has 6 heteroatoms. The molecule has 3 rings (SSSR count). The zero-order valence-electron chi connectivity index (χ0n) is 23.9. The molecule has 0 saturated heterocycles. The fourth-order valence-electron chi connectivity index (χ4n) is 4.93. The first-order valence-electron chi connectivity index (χ1n) is 15.2. The Morgan fingerprint density at radius 2 is 0.947 bits per heavy atom. The van der Waals surface area contributed by atoms with Crippen molar-refractivity contribution in [3.8, 4) is 0 Å².